The summed E-state index contributed by atoms with van der Waals surface area (Å²) in [6.45, 7) is 21.6. The van der Waals surface area contributed by atoms with Crippen LogP contribution >= 0.6 is 0 Å². The van der Waals surface area contributed by atoms with E-state index in [2.05, 4.69) is 64.7 Å². The summed E-state index contributed by atoms with van der Waals surface area (Å²) >= 11 is 0. The minimum atomic E-state index is -0.530. The van der Waals surface area contributed by atoms with Crippen LogP contribution in [0.25, 0.3) is 0 Å². The molecule has 0 aromatic carbocycles. The van der Waals surface area contributed by atoms with Crippen molar-refractivity contribution >= 4 is 11.6 Å². The molecule has 3 aliphatic rings. The van der Waals surface area contributed by atoms with Crippen LogP contribution in [0.1, 0.15) is 119 Å². The zero-order valence-corrected chi connectivity index (χ0v) is 26.4. The fourth-order valence-electron chi connectivity index (χ4n) is 8.77. The summed E-state index contributed by atoms with van der Waals surface area (Å²) in [5, 5.41) is 18.6. The number of allylic oxidation sites excluding steroid dienone is 4. The first-order valence-electron chi connectivity index (χ1n) is 15.1. The molecule has 0 radical (unpaired) electrons. The van der Waals surface area contributed by atoms with Crippen LogP contribution < -0.4 is 0 Å². The third kappa shape index (κ3) is 4.82. The summed E-state index contributed by atoms with van der Waals surface area (Å²) in [6, 6.07) is 2.16. The maximum atomic E-state index is 13.0. The van der Waals surface area contributed by atoms with Crippen molar-refractivity contribution in [2.75, 3.05) is 0 Å². The number of fused-ring (bicyclic) bond motifs is 1. The average Bonchev–Trinajstić information content (AvgIpc) is 3.29. The standard InChI is InChI=1S/C34H49N3O3/c1-21-18-30(5,6)13-15-34(21,29-37-36-24(4)40-29)16-14-31(7,8)33(10)12-11-26-23(3)28(39)25(20-35)19-32(26,9)27(33)17-22(2)38/h17,19,21,23,26H,11-16,18H2,1-10H3/b27-17-/t21?,23-,26-,32-,33+,34-/m0/s1. The van der Waals surface area contributed by atoms with E-state index in [1.807, 2.05) is 26.0 Å². The number of nitriles is 1. The average molecular weight is 548 g/mol. The van der Waals surface area contributed by atoms with Crippen molar-refractivity contribution in [2.45, 2.75) is 120 Å². The third-order valence-electron chi connectivity index (χ3n) is 11.8. The number of rotatable bonds is 6. The molecule has 0 aliphatic heterocycles. The molecule has 40 heavy (non-hydrogen) atoms. The van der Waals surface area contributed by atoms with Crippen LogP contribution in [0.5, 0.6) is 0 Å². The Kier molecular flexibility index (Phi) is 7.65. The van der Waals surface area contributed by atoms with Gasteiger partial charge in [-0.2, -0.15) is 5.26 Å². The molecule has 0 spiro atoms. The molecule has 2 saturated carbocycles. The molecule has 1 aromatic rings. The Bertz CT molecular complexity index is 1290. The zero-order chi connectivity index (χ0) is 29.9. The maximum Gasteiger partial charge on any atom is 0.222 e. The molecule has 218 valence electrons. The van der Waals surface area contributed by atoms with Gasteiger partial charge in [-0.25, -0.2) is 0 Å². The van der Waals surface area contributed by atoms with Crippen molar-refractivity contribution in [1.82, 2.24) is 10.2 Å². The van der Waals surface area contributed by atoms with E-state index >= 15 is 0 Å². The minimum Gasteiger partial charge on any atom is -0.425 e. The quantitative estimate of drug-likeness (QED) is 0.336. The van der Waals surface area contributed by atoms with Gasteiger partial charge in [-0.3, -0.25) is 9.59 Å². The number of Topliss-reactive ketones (excluding diaryl/α,β-unsaturated/α-hetero) is 1. The molecule has 6 nitrogen and oxygen atoms in total. The molecule has 0 amide bonds. The van der Waals surface area contributed by atoms with Gasteiger partial charge < -0.3 is 4.42 Å². The van der Waals surface area contributed by atoms with Gasteiger partial charge in [0.05, 0.1) is 11.0 Å². The summed E-state index contributed by atoms with van der Waals surface area (Å²) in [7, 11) is 0. The molecule has 6 atom stereocenters. The largest absolute Gasteiger partial charge is 0.425 e. The first-order valence-corrected chi connectivity index (χ1v) is 15.1. The van der Waals surface area contributed by atoms with E-state index in [0.29, 0.717) is 11.8 Å². The van der Waals surface area contributed by atoms with Crippen LogP contribution in [-0.4, -0.2) is 21.8 Å². The van der Waals surface area contributed by atoms with Crippen molar-refractivity contribution in [3.63, 3.8) is 0 Å². The lowest BCUT2D eigenvalue weighted by Crippen LogP contribution is -2.53. The molecular formula is C34H49N3O3. The summed E-state index contributed by atoms with van der Waals surface area (Å²) in [6.07, 6.45) is 10.6. The van der Waals surface area contributed by atoms with Crippen LogP contribution in [0.2, 0.25) is 0 Å². The molecule has 4 rings (SSSR count). The molecule has 1 unspecified atom stereocenters. The van der Waals surface area contributed by atoms with Crippen molar-refractivity contribution in [2.24, 2.45) is 39.4 Å². The van der Waals surface area contributed by atoms with Crippen molar-refractivity contribution < 1.29 is 14.0 Å². The number of carbonyl (C=O) groups excluding carboxylic acids is 2. The van der Waals surface area contributed by atoms with E-state index in [-0.39, 0.29) is 50.6 Å². The van der Waals surface area contributed by atoms with Gasteiger partial charge in [-0.1, -0.05) is 67.0 Å². The van der Waals surface area contributed by atoms with Gasteiger partial charge in [-0.15, -0.1) is 10.2 Å². The van der Waals surface area contributed by atoms with Gasteiger partial charge in [0.15, 0.2) is 11.6 Å². The number of hydrogen-bond donors (Lipinski definition) is 0. The molecule has 0 saturated heterocycles. The number of carbonyl (C=O) groups is 2. The highest BCUT2D eigenvalue weighted by Gasteiger charge is 2.59. The molecule has 0 bridgehead atoms. The Balaban J connectivity index is 1.76. The first kappa shape index (κ1) is 30.4. The second-order valence-corrected chi connectivity index (χ2v) is 15.2. The third-order valence-corrected chi connectivity index (χ3v) is 11.8. The van der Waals surface area contributed by atoms with E-state index in [0.717, 1.165) is 56.4 Å². The fraction of sp³-hybridized carbons (Fsp3) is 0.735. The van der Waals surface area contributed by atoms with Gasteiger partial charge >= 0.3 is 0 Å². The fourth-order valence-corrected chi connectivity index (χ4v) is 8.77. The summed E-state index contributed by atoms with van der Waals surface area (Å²) < 4.78 is 6.16. The number of ketones is 2. The SMILES string of the molecule is CC(=O)/C=C1/[C@@]2(C)C=C(C#N)C(=O)[C@@H](C)[C@@H]2CC[C@@]1(C)C(C)(C)CC[C@@]1(c2nnc(C)o2)CCC(C)(C)CC1C. The molecule has 1 heterocycles. The normalized spacial score (nSPS) is 37.0. The number of aryl methyl sites for hydroxylation is 1. The topological polar surface area (TPSA) is 96.8 Å². The Morgan fingerprint density at radius 1 is 1.18 bits per heavy atom. The van der Waals surface area contributed by atoms with Crippen LogP contribution in [0.4, 0.5) is 0 Å². The Labute approximate surface area is 241 Å². The smallest absolute Gasteiger partial charge is 0.222 e. The predicted molar refractivity (Wildman–Crippen MR) is 156 cm³/mol. The second kappa shape index (κ2) is 10.1. The second-order valence-electron chi connectivity index (χ2n) is 15.2. The Morgan fingerprint density at radius 2 is 1.85 bits per heavy atom. The van der Waals surface area contributed by atoms with Gasteiger partial charge in [-0.05, 0) is 86.0 Å². The number of aromatic nitrogens is 2. The van der Waals surface area contributed by atoms with E-state index in [4.69, 9.17) is 4.42 Å². The predicted octanol–water partition coefficient (Wildman–Crippen LogP) is 7.88. The summed E-state index contributed by atoms with van der Waals surface area (Å²) in [5.41, 5.74) is 0.387. The highest BCUT2D eigenvalue weighted by atomic mass is 16.4. The molecule has 3 aliphatic carbocycles. The minimum absolute atomic E-state index is 0.0105. The van der Waals surface area contributed by atoms with Gasteiger partial charge in [0.1, 0.15) is 6.07 Å². The lowest BCUT2D eigenvalue weighted by molar-refractivity contribution is -0.123. The first-order chi connectivity index (χ1) is 18.4. The lowest BCUT2D eigenvalue weighted by atomic mass is 9.44. The monoisotopic (exact) mass is 547 g/mol. The van der Waals surface area contributed by atoms with E-state index in [1.54, 1.807) is 6.92 Å². The Hall–Kier alpha value is -2.55. The summed E-state index contributed by atoms with van der Waals surface area (Å²) in [4.78, 5) is 25.7. The van der Waals surface area contributed by atoms with Crippen LogP contribution in [0.3, 0.4) is 0 Å². The van der Waals surface area contributed by atoms with Crippen molar-refractivity contribution in [3.05, 3.63) is 35.1 Å². The van der Waals surface area contributed by atoms with Gasteiger partial charge in [0.25, 0.3) is 0 Å². The molecule has 0 N–H and O–H groups in total. The van der Waals surface area contributed by atoms with Gasteiger partial charge in [0, 0.05) is 18.3 Å². The summed E-state index contributed by atoms with van der Waals surface area (Å²) in [5.74, 6) is 1.54. The van der Waals surface area contributed by atoms with Crippen LogP contribution in [-0.2, 0) is 15.0 Å². The molecule has 2 fully saturated rings. The van der Waals surface area contributed by atoms with E-state index < -0.39 is 5.41 Å². The van der Waals surface area contributed by atoms with E-state index in [1.165, 1.54) is 0 Å². The molecular weight excluding hydrogens is 498 g/mol. The van der Waals surface area contributed by atoms with Crippen LogP contribution in [0.15, 0.2) is 27.7 Å². The van der Waals surface area contributed by atoms with Crippen molar-refractivity contribution in [3.8, 4) is 6.07 Å². The lowest BCUT2D eigenvalue weighted by Gasteiger charge is -2.59. The Morgan fingerprint density at radius 3 is 2.40 bits per heavy atom. The van der Waals surface area contributed by atoms with Crippen molar-refractivity contribution in [1.29, 1.82) is 5.26 Å². The zero-order valence-electron chi connectivity index (χ0n) is 26.4. The highest BCUT2D eigenvalue weighted by Crippen LogP contribution is 2.65. The van der Waals surface area contributed by atoms with E-state index in [9.17, 15) is 14.9 Å². The molecule has 1 aromatic heterocycles. The highest BCUT2D eigenvalue weighted by molar-refractivity contribution is 6.02. The maximum absolute atomic E-state index is 13.0. The number of hydrogen-bond acceptors (Lipinski definition) is 6. The molecule has 6 heteroatoms. The van der Waals surface area contributed by atoms with Crippen LogP contribution in [0, 0.1) is 57.7 Å². The number of nitrogens with zero attached hydrogens (tertiary/aromatic N) is 3. The van der Waals surface area contributed by atoms with Gasteiger partial charge in [0.2, 0.25) is 11.8 Å².